The van der Waals surface area contributed by atoms with Crippen LogP contribution in [0.1, 0.15) is 104 Å². The second kappa shape index (κ2) is 27.1. The van der Waals surface area contributed by atoms with Crippen LogP contribution in [0.15, 0.2) is 140 Å². The Kier molecular flexibility index (Phi) is 21.9. The number of hydrogen-bond donors (Lipinski definition) is 0. The highest BCUT2D eigenvalue weighted by Gasteiger charge is 2.35. The molecule has 308 valence electrons. The van der Waals surface area contributed by atoms with Crippen molar-refractivity contribution in [2.75, 3.05) is 33.0 Å². The van der Waals surface area contributed by atoms with E-state index in [-0.39, 0.29) is 24.0 Å². The summed E-state index contributed by atoms with van der Waals surface area (Å²) in [5.41, 5.74) is 4.00. The van der Waals surface area contributed by atoms with Crippen molar-refractivity contribution in [3.63, 3.8) is 0 Å². The summed E-state index contributed by atoms with van der Waals surface area (Å²) in [6, 6.07) is 41.6. The summed E-state index contributed by atoms with van der Waals surface area (Å²) in [7, 11) is -2.23. The van der Waals surface area contributed by atoms with E-state index in [1.54, 1.807) is 48.8 Å². The van der Waals surface area contributed by atoms with Gasteiger partial charge in [-0.05, 0) is 68.4 Å². The molecule has 58 heavy (non-hydrogen) atoms. The molecule has 2 heterocycles. The van der Waals surface area contributed by atoms with Crippen LogP contribution in [-0.4, -0.2) is 52.3 Å². The van der Waals surface area contributed by atoms with E-state index in [0.717, 1.165) is 32.1 Å². The van der Waals surface area contributed by atoms with Gasteiger partial charge in [0.1, 0.15) is 0 Å². The number of aromatic nitrogens is 2. The number of benzene rings is 3. The van der Waals surface area contributed by atoms with Crippen molar-refractivity contribution in [2.24, 2.45) is 0 Å². The first-order valence-corrected chi connectivity index (χ1v) is 20.0. The van der Waals surface area contributed by atoms with Gasteiger partial charge in [-0.3, -0.25) is 9.68 Å². The maximum atomic E-state index is 11.7. The maximum Gasteiger partial charge on any atom is 0.408 e. The topological polar surface area (TPSA) is 134 Å². The van der Waals surface area contributed by atoms with E-state index in [9.17, 15) is 19.6 Å². The van der Waals surface area contributed by atoms with Gasteiger partial charge in [-0.25, -0.2) is 9.59 Å². The molecular weight excluding hydrogens is 735 g/mol. The molecule has 0 saturated carbocycles. The van der Waals surface area contributed by atoms with Crippen molar-refractivity contribution in [3.8, 4) is 0 Å². The predicted molar refractivity (Wildman–Crippen MR) is 218 cm³/mol. The minimum absolute atomic E-state index is 0.159. The Labute approximate surface area is 343 Å². The van der Waals surface area contributed by atoms with Crippen LogP contribution in [0.3, 0.4) is 0 Å². The summed E-state index contributed by atoms with van der Waals surface area (Å²) < 4.78 is 17.8. The summed E-state index contributed by atoms with van der Waals surface area (Å²) in [6.45, 7) is 9.91. The number of carbonyl (C=O) groups is 2. The summed E-state index contributed by atoms with van der Waals surface area (Å²) in [5, 5.41) is 21.4. The smallest absolute Gasteiger partial charge is 0.408 e. The van der Waals surface area contributed by atoms with E-state index in [4.69, 9.17) is 23.8 Å². The van der Waals surface area contributed by atoms with E-state index in [1.165, 1.54) is 26.2 Å². The summed E-state index contributed by atoms with van der Waals surface area (Å²) >= 11 is 0. The molecule has 0 atom stereocenters. The molecule has 0 N–H and O–H groups in total. The molecule has 5 aromatic rings. The van der Waals surface area contributed by atoms with Gasteiger partial charge in [0.25, 0.3) is 0 Å². The Hall–Kier alpha value is -5.56. The van der Waals surface area contributed by atoms with Crippen LogP contribution in [0.4, 0.5) is 0 Å². The van der Waals surface area contributed by atoms with Gasteiger partial charge in [-0.1, -0.05) is 118 Å². The quantitative estimate of drug-likeness (QED) is 0.0339. The van der Waals surface area contributed by atoms with Crippen molar-refractivity contribution in [3.05, 3.63) is 168 Å². The third-order valence-electron chi connectivity index (χ3n) is 8.81. The molecule has 0 radical (unpaired) electrons. The Balaban J connectivity index is 0.000000246. The van der Waals surface area contributed by atoms with E-state index in [2.05, 4.69) is 50.2 Å². The van der Waals surface area contributed by atoms with Crippen LogP contribution < -0.4 is 29.2 Å². The highest BCUT2D eigenvalue weighted by Crippen LogP contribution is 2.42. The van der Waals surface area contributed by atoms with Gasteiger partial charge in [0.15, 0.2) is 13.2 Å². The average molecular weight is 793 g/mol. The van der Waals surface area contributed by atoms with Gasteiger partial charge in [0, 0.05) is 45.7 Å². The maximum absolute atomic E-state index is 11.7. The molecule has 12 heteroatoms. The first-order chi connectivity index (χ1) is 28.3. The minimum Gasteiger partial charge on any atom is -0.871 e. The predicted octanol–water partition coefficient (Wildman–Crippen LogP) is 5.28. The molecule has 2 aromatic heterocycles. The number of rotatable bonds is 20. The van der Waals surface area contributed by atoms with Crippen molar-refractivity contribution < 1.29 is 52.9 Å². The Morgan fingerprint density at radius 2 is 0.914 bits per heavy atom. The summed E-state index contributed by atoms with van der Waals surface area (Å²) in [6.07, 6.45) is 8.51. The van der Waals surface area contributed by atoms with Crippen LogP contribution in [0.25, 0.3) is 0 Å². The monoisotopic (exact) mass is 792 g/mol. The minimum atomic E-state index is -2.23. The number of hydrogen-bond acceptors (Lipinski definition) is 9. The third kappa shape index (κ3) is 15.1. The number of unbranched alkanes of at least 4 members (excludes halogenated alkanes) is 2. The lowest BCUT2D eigenvalue weighted by Crippen LogP contribution is -2.48. The number of ether oxygens (including phenoxy) is 2. The Bertz CT molecular complexity index is 1700. The normalized spacial score (nSPS) is 10.5. The van der Waals surface area contributed by atoms with Crippen molar-refractivity contribution >= 4 is 19.3 Å². The molecule has 3 aromatic carbocycles. The van der Waals surface area contributed by atoms with Gasteiger partial charge in [-0.2, -0.15) is 0 Å². The molecule has 0 aliphatic carbocycles. The van der Waals surface area contributed by atoms with Gasteiger partial charge >= 0.3 is 23.3 Å². The van der Waals surface area contributed by atoms with Gasteiger partial charge < -0.3 is 24.2 Å². The first-order valence-electron chi connectivity index (χ1n) is 20.0. The van der Waals surface area contributed by atoms with Crippen molar-refractivity contribution in [1.29, 1.82) is 0 Å². The van der Waals surface area contributed by atoms with E-state index < -0.39 is 7.32 Å². The fraction of sp³-hybridized carbons (Fsp3) is 0.348. The molecule has 0 fully saturated rings. The highest BCUT2D eigenvalue weighted by atomic mass is 16.7. The van der Waals surface area contributed by atoms with Gasteiger partial charge in [0.2, 0.25) is 12.4 Å². The zero-order valence-corrected chi connectivity index (χ0v) is 34.2. The second-order valence-electron chi connectivity index (χ2n) is 12.9. The molecule has 0 saturated heterocycles. The van der Waals surface area contributed by atoms with Crippen molar-refractivity contribution in [2.45, 2.75) is 71.6 Å². The largest absolute Gasteiger partial charge is 0.871 e. The van der Waals surface area contributed by atoms with Crippen molar-refractivity contribution in [1.82, 2.24) is 0 Å². The lowest BCUT2D eigenvalue weighted by molar-refractivity contribution is -0.892. The van der Waals surface area contributed by atoms with Crippen LogP contribution in [-0.2, 0) is 19.5 Å². The molecule has 0 bridgehead atoms. The highest BCUT2D eigenvalue weighted by molar-refractivity contribution is 6.28. The average Bonchev–Trinajstić information content (AvgIpc) is 3.26. The fourth-order valence-corrected chi connectivity index (χ4v) is 6.06. The van der Waals surface area contributed by atoms with E-state index in [1.807, 2.05) is 68.4 Å². The first kappa shape index (κ1) is 46.8. The van der Waals surface area contributed by atoms with Gasteiger partial charge in [0.05, 0.1) is 20.5 Å². The third-order valence-corrected chi connectivity index (χ3v) is 8.81. The summed E-state index contributed by atoms with van der Waals surface area (Å²) in [4.78, 5) is 33.9. The van der Waals surface area contributed by atoms with E-state index >= 15 is 0 Å². The van der Waals surface area contributed by atoms with Gasteiger partial charge in [-0.15, -0.1) is 0 Å². The number of esters is 2. The molecule has 0 aliphatic rings. The number of pyridine rings is 2. The van der Waals surface area contributed by atoms with Crippen LogP contribution in [0, 0.1) is 0 Å². The van der Waals surface area contributed by atoms with E-state index in [0.29, 0.717) is 44.2 Å². The molecule has 0 aliphatic heterocycles. The lowest BCUT2D eigenvalue weighted by Gasteiger charge is -2.37. The molecular formula is C46H57BN2O9. The lowest BCUT2D eigenvalue weighted by atomic mass is 9.67. The summed E-state index contributed by atoms with van der Waals surface area (Å²) in [5.74, 6) is -0.690. The Morgan fingerprint density at radius 3 is 1.26 bits per heavy atom. The number of carbonyl (C=O) groups excluding carboxylic acids is 2. The standard InChI is InChI=1S/C22H21BO3.2C12H18NO3/c24-23(25)26-18-10-17-22(19-11-4-1-5-12-19,20-13-6-2-7-14-20)21-15-8-3-9-16-21;2*1-3-5-10-15-12(14)11-8-6-7-9-13(11)16-4-2/h1-9,11-16H,10,17-18H2;2*6-9H,3-5,10H2,1-2H3/q-2;2*+1. The zero-order chi connectivity index (χ0) is 41.9. The molecule has 0 amide bonds. The van der Waals surface area contributed by atoms with Crippen LogP contribution in [0.2, 0.25) is 0 Å². The SMILES string of the molecule is CCCCOC(=O)c1cccc[n+]1OCC.CCCCOC(=O)c1cccc[n+]1OCC.[O-]B([O-])OCCCC(c1ccccc1)(c1ccccc1)c1ccccc1. The van der Waals surface area contributed by atoms with Crippen LogP contribution in [0.5, 0.6) is 0 Å². The fourth-order valence-electron chi connectivity index (χ4n) is 6.06. The Morgan fingerprint density at radius 1 is 0.534 bits per heavy atom. The molecule has 0 unspecified atom stereocenters. The molecule has 0 spiro atoms. The molecule has 5 rings (SSSR count). The second-order valence-corrected chi connectivity index (χ2v) is 12.9. The van der Waals surface area contributed by atoms with Crippen LogP contribution >= 0.6 is 0 Å². The number of nitrogens with zero attached hydrogens (tertiary/aromatic N) is 2. The molecule has 11 nitrogen and oxygen atoms in total. The zero-order valence-electron chi connectivity index (χ0n) is 34.2.